The van der Waals surface area contributed by atoms with Gasteiger partial charge in [0.2, 0.25) is 0 Å². The van der Waals surface area contributed by atoms with Gasteiger partial charge in [0.05, 0.1) is 11.8 Å². The Morgan fingerprint density at radius 3 is 2.85 bits per heavy atom. The van der Waals surface area contributed by atoms with Crippen LogP contribution in [0.2, 0.25) is 5.02 Å². The maximum Gasteiger partial charge on any atom is 0.280 e. The van der Waals surface area contributed by atoms with Crippen molar-refractivity contribution in [3.63, 3.8) is 0 Å². The Kier molecular flexibility index (Phi) is 5.99. The highest BCUT2D eigenvalue weighted by atomic mass is 35.5. The number of carbonyl (C=O) groups excluding carboxylic acids is 1. The van der Waals surface area contributed by atoms with Gasteiger partial charge in [-0.1, -0.05) is 31.5 Å². The molecule has 1 aliphatic rings. The third-order valence-corrected chi connectivity index (χ3v) is 4.80. The van der Waals surface area contributed by atoms with E-state index in [0.29, 0.717) is 18.1 Å². The monoisotopic (exact) mass is 396 g/mol. The molecule has 0 aliphatic carbocycles. The Morgan fingerprint density at radius 1 is 1.41 bits per heavy atom. The number of hydrogen-bond donors (Lipinski definition) is 1. The summed E-state index contributed by atoms with van der Waals surface area (Å²) in [6.45, 7) is 5.55. The molecule has 0 radical (unpaired) electrons. The van der Waals surface area contributed by atoms with E-state index < -0.39 is 12.3 Å². The first-order chi connectivity index (χ1) is 12.8. The largest absolute Gasteiger partial charge is 0.369 e. The highest BCUT2D eigenvalue weighted by Crippen LogP contribution is 2.26. The van der Waals surface area contributed by atoms with Crippen LogP contribution in [0, 0.1) is 5.92 Å². The minimum Gasteiger partial charge on any atom is -0.369 e. The van der Waals surface area contributed by atoms with Gasteiger partial charge in [0, 0.05) is 36.4 Å². The lowest BCUT2D eigenvalue weighted by Gasteiger charge is -2.19. The second-order valence-electron chi connectivity index (χ2n) is 7.21. The quantitative estimate of drug-likeness (QED) is 0.798. The van der Waals surface area contributed by atoms with Gasteiger partial charge >= 0.3 is 0 Å². The van der Waals surface area contributed by atoms with E-state index in [1.54, 1.807) is 6.07 Å². The van der Waals surface area contributed by atoms with Crippen LogP contribution in [-0.2, 0) is 6.54 Å². The fourth-order valence-corrected chi connectivity index (χ4v) is 3.52. The Balaban J connectivity index is 1.68. The summed E-state index contributed by atoms with van der Waals surface area (Å²) in [5, 5.41) is 7.52. The number of anilines is 1. The minimum atomic E-state index is -2.75. The van der Waals surface area contributed by atoms with Crippen LogP contribution >= 0.6 is 11.6 Å². The van der Waals surface area contributed by atoms with Crippen molar-refractivity contribution < 1.29 is 13.6 Å². The fourth-order valence-electron chi connectivity index (χ4n) is 3.34. The Morgan fingerprint density at radius 2 is 2.19 bits per heavy atom. The number of amides is 1. The summed E-state index contributed by atoms with van der Waals surface area (Å²) in [5.41, 5.74) is 0.620. The number of aromatic nitrogens is 2. The number of alkyl halides is 2. The first kappa shape index (κ1) is 19.6. The van der Waals surface area contributed by atoms with Gasteiger partial charge in [-0.25, -0.2) is 8.78 Å². The van der Waals surface area contributed by atoms with Gasteiger partial charge in [-0.3, -0.25) is 9.48 Å². The van der Waals surface area contributed by atoms with Crippen molar-refractivity contribution in [3.8, 4) is 0 Å². The van der Waals surface area contributed by atoms with E-state index in [1.165, 1.54) is 10.9 Å². The standard InChI is InChI=1S/C19H23ClF2N4O/c1-12(2)10-26-17(18(21)22)16(9-23-26)19(27)24-14-6-7-25(11-14)15-5-3-4-13(20)8-15/h3-5,8-9,12,14,18H,6-7,10-11H2,1-2H3,(H,24,27). The molecule has 1 unspecified atom stereocenters. The van der Waals surface area contributed by atoms with E-state index >= 15 is 0 Å². The van der Waals surface area contributed by atoms with Crippen LogP contribution in [0.5, 0.6) is 0 Å². The predicted octanol–water partition coefficient (Wildman–Crippen LogP) is 4.14. The van der Waals surface area contributed by atoms with Gasteiger partial charge in [0.1, 0.15) is 5.69 Å². The molecule has 5 nitrogen and oxygen atoms in total. The van der Waals surface area contributed by atoms with Gasteiger partial charge in [-0.15, -0.1) is 0 Å². The van der Waals surface area contributed by atoms with Crippen LogP contribution in [0.3, 0.4) is 0 Å². The Bertz CT molecular complexity index is 809. The second kappa shape index (κ2) is 8.25. The maximum absolute atomic E-state index is 13.5. The highest BCUT2D eigenvalue weighted by molar-refractivity contribution is 6.30. The van der Waals surface area contributed by atoms with Crippen LogP contribution < -0.4 is 10.2 Å². The van der Waals surface area contributed by atoms with Crippen LogP contribution in [-0.4, -0.2) is 34.8 Å². The smallest absolute Gasteiger partial charge is 0.280 e. The van der Waals surface area contributed by atoms with Crippen LogP contribution in [0.15, 0.2) is 30.5 Å². The summed E-state index contributed by atoms with van der Waals surface area (Å²) in [6.07, 6.45) is -0.774. The normalized spacial score (nSPS) is 17.1. The lowest BCUT2D eigenvalue weighted by molar-refractivity contribution is 0.0922. The first-order valence-corrected chi connectivity index (χ1v) is 9.38. The number of benzene rings is 1. The topological polar surface area (TPSA) is 50.2 Å². The highest BCUT2D eigenvalue weighted by Gasteiger charge is 2.29. The fraction of sp³-hybridized carbons (Fsp3) is 0.474. The molecule has 1 aliphatic heterocycles. The molecule has 0 spiro atoms. The van der Waals surface area contributed by atoms with Crippen molar-refractivity contribution in [1.29, 1.82) is 0 Å². The van der Waals surface area contributed by atoms with E-state index in [0.717, 1.165) is 18.7 Å². The summed E-state index contributed by atoms with van der Waals surface area (Å²) >= 11 is 6.03. The van der Waals surface area contributed by atoms with Crippen molar-refractivity contribution in [2.24, 2.45) is 5.92 Å². The van der Waals surface area contributed by atoms with Crippen molar-refractivity contribution >= 4 is 23.2 Å². The predicted molar refractivity (Wildman–Crippen MR) is 102 cm³/mol. The zero-order valence-corrected chi connectivity index (χ0v) is 16.1. The van der Waals surface area contributed by atoms with Crippen LogP contribution in [0.25, 0.3) is 0 Å². The molecule has 3 rings (SSSR count). The Labute approximate surface area is 162 Å². The molecule has 27 heavy (non-hydrogen) atoms. The maximum atomic E-state index is 13.5. The summed E-state index contributed by atoms with van der Waals surface area (Å²) in [7, 11) is 0. The summed E-state index contributed by atoms with van der Waals surface area (Å²) in [5.74, 6) is -0.349. The molecule has 8 heteroatoms. The number of carbonyl (C=O) groups is 1. The molecule has 1 aromatic carbocycles. The molecule has 1 aromatic heterocycles. The molecule has 1 saturated heterocycles. The third kappa shape index (κ3) is 4.58. The molecule has 0 bridgehead atoms. The van der Waals surface area contributed by atoms with E-state index in [2.05, 4.69) is 15.3 Å². The Hall–Kier alpha value is -2.15. The first-order valence-electron chi connectivity index (χ1n) is 9.00. The molecule has 1 fully saturated rings. The average Bonchev–Trinajstić information content (AvgIpc) is 3.21. The minimum absolute atomic E-state index is 0.0492. The summed E-state index contributed by atoms with van der Waals surface area (Å²) in [6, 6.07) is 7.40. The second-order valence-corrected chi connectivity index (χ2v) is 7.64. The molecule has 2 heterocycles. The third-order valence-electron chi connectivity index (χ3n) is 4.57. The number of halogens is 3. The van der Waals surface area contributed by atoms with Crippen molar-refractivity contribution in [1.82, 2.24) is 15.1 Å². The number of hydrogen-bond acceptors (Lipinski definition) is 3. The summed E-state index contributed by atoms with van der Waals surface area (Å²) < 4.78 is 28.2. The molecular formula is C19H23ClF2N4O. The van der Waals surface area contributed by atoms with Crippen molar-refractivity contribution in [2.45, 2.75) is 39.3 Å². The van der Waals surface area contributed by atoms with Crippen LogP contribution in [0.1, 0.15) is 42.7 Å². The van der Waals surface area contributed by atoms with Gasteiger partial charge < -0.3 is 10.2 Å². The number of nitrogens with one attached hydrogen (secondary N) is 1. The van der Waals surface area contributed by atoms with Gasteiger partial charge in [-0.05, 0) is 30.5 Å². The molecule has 1 N–H and O–H groups in total. The zero-order chi connectivity index (χ0) is 19.6. The summed E-state index contributed by atoms with van der Waals surface area (Å²) in [4.78, 5) is 14.7. The SMILES string of the molecule is CC(C)Cn1ncc(C(=O)NC2CCN(c3cccc(Cl)c3)C2)c1C(F)F. The van der Waals surface area contributed by atoms with Crippen molar-refractivity contribution in [3.05, 3.63) is 46.7 Å². The number of rotatable bonds is 6. The average molecular weight is 397 g/mol. The van der Waals surface area contributed by atoms with Crippen LogP contribution in [0.4, 0.5) is 14.5 Å². The molecule has 2 aromatic rings. The molecule has 1 atom stereocenters. The van der Waals surface area contributed by atoms with Crippen molar-refractivity contribution in [2.75, 3.05) is 18.0 Å². The lowest BCUT2D eigenvalue weighted by atomic mass is 10.2. The van der Waals surface area contributed by atoms with E-state index in [-0.39, 0.29) is 23.2 Å². The molecule has 1 amide bonds. The van der Waals surface area contributed by atoms with E-state index in [9.17, 15) is 13.6 Å². The van der Waals surface area contributed by atoms with Gasteiger partial charge in [-0.2, -0.15) is 5.10 Å². The van der Waals surface area contributed by atoms with E-state index in [1.807, 2.05) is 32.0 Å². The molecule has 146 valence electrons. The van der Waals surface area contributed by atoms with E-state index in [4.69, 9.17) is 11.6 Å². The molecular weight excluding hydrogens is 374 g/mol. The number of nitrogens with zero attached hydrogens (tertiary/aromatic N) is 3. The van der Waals surface area contributed by atoms with Gasteiger partial charge in [0.15, 0.2) is 0 Å². The lowest BCUT2D eigenvalue weighted by Crippen LogP contribution is -2.37. The molecule has 0 saturated carbocycles. The van der Waals surface area contributed by atoms with Gasteiger partial charge in [0.25, 0.3) is 12.3 Å². The zero-order valence-electron chi connectivity index (χ0n) is 15.3.